The van der Waals surface area contributed by atoms with E-state index in [-0.39, 0.29) is 5.69 Å². The third kappa shape index (κ3) is 2.34. The Bertz CT molecular complexity index is 1060. The fraction of sp³-hybridized carbons (Fsp3) is 0. The maximum atomic E-state index is 13.3. The minimum atomic E-state index is -0.645. The van der Waals surface area contributed by atoms with Crippen LogP contribution in [0.25, 0.3) is 15.2 Å². The highest BCUT2D eigenvalue weighted by molar-refractivity contribution is 7.99. The summed E-state index contributed by atoms with van der Waals surface area (Å²) < 4.78 is 16.1. The fourth-order valence-corrected chi connectivity index (χ4v) is 4.19. The van der Waals surface area contributed by atoms with Gasteiger partial charge < -0.3 is 0 Å². The standard InChI is InChI=1S/C14H7FN4O2S2/c15-8-5-6-12(10(7-8)19(20)21)23-14-17-16-13-18(14)9-3-1-2-4-11(9)22-13/h1-7H. The van der Waals surface area contributed by atoms with Crippen LogP contribution in [0.15, 0.2) is 52.5 Å². The summed E-state index contributed by atoms with van der Waals surface area (Å²) in [7, 11) is 0. The molecule has 23 heavy (non-hydrogen) atoms. The first kappa shape index (κ1) is 14.1. The molecule has 0 saturated carbocycles. The number of thiazole rings is 1. The average molecular weight is 346 g/mol. The van der Waals surface area contributed by atoms with E-state index in [2.05, 4.69) is 10.2 Å². The number of nitro groups is 1. The van der Waals surface area contributed by atoms with E-state index in [0.29, 0.717) is 15.0 Å². The van der Waals surface area contributed by atoms with Gasteiger partial charge in [0.05, 0.1) is 26.1 Å². The monoisotopic (exact) mass is 346 g/mol. The molecule has 4 aromatic rings. The summed E-state index contributed by atoms with van der Waals surface area (Å²) >= 11 is 2.58. The lowest BCUT2D eigenvalue weighted by Crippen LogP contribution is -1.93. The van der Waals surface area contributed by atoms with Crippen molar-refractivity contribution in [1.29, 1.82) is 0 Å². The number of fused-ring (bicyclic) bond motifs is 3. The highest BCUT2D eigenvalue weighted by atomic mass is 32.2. The van der Waals surface area contributed by atoms with E-state index < -0.39 is 10.7 Å². The molecule has 0 amide bonds. The van der Waals surface area contributed by atoms with Crippen molar-refractivity contribution in [2.75, 3.05) is 0 Å². The molecule has 114 valence electrons. The van der Waals surface area contributed by atoms with E-state index in [1.54, 1.807) is 0 Å². The van der Waals surface area contributed by atoms with Crippen molar-refractivity contribution in [1.82, 2.24) is 14.6 Å². The van der Waals surface area contributed by atoms with E-state index in [1.165, 1.54) is 23.5 Å². The van der Waals surface area contributed by atoms with Crippen molar-refractivity contribution in [3.8, 4) is 0 Å². The average Bonchev–Trinajstić information content (AvgIpc) is 3.08. The summed E-state index contributed by atoms with van der Waals surface area (Å²) in [5, 5.41) is 19.8. The lowest BCUT2D eigenvalue weighted by molar-refractivity contribution is -0.387. The molecule has 0 aliphatic carbocycles. The topological polar surface area (TPSA) is 73.3 Å². The van der Waals surface area contributed by atoms with Crippen molar-refractivity contribution in [3.63, 3.8) is 0 Å². The van der Waals surface area contributed by atoms with E-state index in [1.807, 2.05) is 28.7 Å². The second-order valence-corrected chi connectivity index (χ2v) is 6.66. The summed E-state index contributed by atoms with van der Waals surface area (Å²) in [4.78, 5) is 11.5. The van der Waals surface area contributed by atoms with Crippen LogP contribution in [0, 0.1) is 15.9 Å². The van der Waals surface area contributed by atoms with Gasteiger partial charge in [-0.05, 0) is 36.0 Å². The summed E-state index contributed by atoms with van der Waals surface area (Å²) in [6, 6.07) is 11.2. The Morgan fingerprint density at radius 2 is 2.04 bits per heavy atom. The number of hydrogen-bond acceptors (Lipinski definition) is 6. The van der Waals surface area contributed by atoms with Crippen molar-refractivity contribution in [2.24, 2.45) is 0 Å². The summed E-state index contributed by atoms with van der Waals surface area (Å²) in [6.07, 6.45) is 0. The van der Waals surface area contributed by atoms with Gasteiger partial charge in [-0.3, -0.25) is 14.5 Å². The first-order chi connectivity index (χ1) is 11.1. The second kappa shape index (κ2) is 5.28. The number of aromatic nitrogens is 3. The highest BCUT2D eigenvalue weighted by Crippen LogP contribution is 2.37. The van der Waals surface area contributed by atoms with Crippen molar-refractivity contribution in [3.05, 3.63) is 58.4 Å². The van der Waals surface area contributed by atoms with Gasteiger partial charge >= 0.3 is 0 Å². The van der Waals surface area contributed by atoms with Crippen LogP contribution < -0.4 is 0 Å². The molecule has 0 spiro atoms. The van der Waals surface area contributed by atoms with Crippen LogP contribution in [0.1, 0.15) is 0 Å². The number of benzene rings is 2. The van der Waals surface area contributed by atoms with Crippen LogP contribution in [0.5, 0.6) is 0 Å². The number of nitrogens with zero attached hydrogens (tertiary/aromatic N) is 4. The molecule has 0 unspecified atom stereocenters. The molecule has 6 nitrogen and oxygen atoms in total. The van der Waals surface area contributed by atoms with Crippen LogP contribution in [-0.4, -0.2) is 19.5 Å². The minimum Gasteiger partial charge on any atom is -0.260 e. The largest absolute Gasteiger partial charge is 0.286 e. The zero-order valence-corrected chi connectivity index (χ0v) is 13.0. The molecule has 9 heteroatoms. The Kier molecular flexibility index (Phi) is 3.24. The van der Waals surface area contributed by atoms with E-state index in [0.717, 1.165) is 28.0 Å². The quantitative estimate of drug-likeness (QED) is 0.412. The predicted molar refractivity (Wildman–Crippen MR) is 85.5 cm³/mol. The first-order valence-corrected chi connectivity index (χ1v) is 8.11. The van der Waals surface area contributed by atoms with Crippen LogP contribution in [0.4, 0.5) is 10.1 Å². The van der Waals surface area contributed by atoms with Crippen LogP contribution in [0.3, 0.4) is 0 Å². The van der Waals surface area contributed by atoms with Crippen LogP contribution in [-0.2, 0) is 0 Å². The molecule has 0 fully saturated rings. The van der Waals surface area contributed by atoms with Crippen molar-refractivity contribution >= 4 is 44.0 Å². The molecule has 4 rings (SSSR count). The SMILES string of the molecule is O=[N+]([O-])c1cc(F)ccc1Sc1nnc2sc3ccccc3n12. The molecule has 0 aliphatic heterocycles. The number of hydrogen-bond donors (Lipinski definition) is 0. The number of para-hydroxylation sites is 1. The van der Waals surface area contributed by atoms with Crippen molar-refractivity contribution < 1.29 is 9.31 Å². The normalized spacial score (nSPS) is 11.3. The third-order valence-electron chi connectivity index (χ3n) is 3.23. The highest BCUT2D eigenvalue weighted by Gasteiger charge is 2.20. The number of halogens is 1. The zero-order valence-electron chi connectivity index (χ0n) is 11.3. The molecule has 0 N–H and O–H groups in total. The van der Waals surface area contributed by atoms with Gasteiger partial charge in [-0.25, -0.2) is 4.39 Å². The zero-order chi connectivity index (χ0) is 16.0. The smallest absolute Gasteiger partial charge is 0.260 e. The Morgan fingerprint density at radius 3 is 2.87 bits per heavy atom. The Labute approximate surface area is 136 Å². The van der Waals surface area contributed by atoms with Gasteiger partial charge in [0.1, 0.15) is 5.82 Å². The minimum absolute atomic E-state index is 0.286. The molecule has 0 aliphatic rings. The lowest BCUT2D eigenvalue weighted by Gasteiger charge is -2.01. The molecule has 0 saturated heterocycles. The third-order valence-corrected chi connectivity index (χ3v) is 5.25. The molecule has 2 aromatic heterocycles. The molecule has 2 aromatic carbocycles. The Hall–Kier alpha value is -2.52. The summed E-state index contributed by atoms with van der Waals surface area (Å²) in [6.45, 7) is 0. The van der Waals surface area contributed by atoms with Crippen molar-refractivity contribution in [2.45, 2.75) is 10.1 Å². The number of nitro benzene ring substituents is 1. The van der Waals surface area contributed by atoms with Gasteiger partial charge in [0.2, 0.25) is 10.1 Å². The Morgan fingerprint density at radius 1 is 1.22 bits per heavy atom. The van der Waals surface area contributed by atoms with E-state index in [9.17, 15) is 14.5 Å². The van der Waals surface area contributed by atoms with Gasteiger partial charge in [-0.2, -0.15) is 0 Å². The van der Waals surface area contributed by atoms with Crippen LogP contribution >= 0.6 is 23.1 Å². The molecule has 0 radical (unpaired) electrons. The lowest BCUT2D eigenvalue weighted by atomic mass is 10.3. The van der Waals surface area contributed by atoms with Gasteiger partial charge in [0.25, 0.3) is 5.69 Å². The molecule has 0 bridgehead atoms. The second-order valence-electron chi connectivity index (χ2n) is 4.64. The van der Waals surface area contributed by atoms with Gasteiger partial charge in [0.15, 0.2) is 0 Å². The molecular formula is C14H7FN4O2S2. The Balaban J connectivity index is 1.86. The maximum absolute atomic E-state index is 13.3. The van der Waals surface area contributed by atoms with E-state index in [4.69, 9.17) is 0 Å². The van der Waals surface area contributed by atoms with Gasteiger partial charge in [-0.1, -0.05) is 23.5 Å². The first-order valence-electron chi connectivity index (χ1n) is 6.48. The fourth-order valence-electron chi connectivity index (χ4n) is 2.24. The molecular weight excluding hydrogens is 339 g/mol. The number of rotatable bonds is 3. The predicted octanol–water partition coefficient (Wildman–Crippen LogP) is 4.14. The van der Waals surface area contributed by atoms with Gasteiger partial charge in [-0.15, -0.1) is 10.2 Å². The summed E-state index contributed by atoms with van der Waals surface area (Å²) in [5.74, 6) is -0.645. The molecule has 2 heterocycles. The van der Waals surface area contributed by atoms with Crippen LogP contribution in [0.2, 0.25) is 0 Å². The maximum Gasteiger partial charge on any atom is 0.286 e. The van der Waals surface area contributed by atoms with Gasteiger partial charge in [0, 0.05) is 0 Å². The molecule has 0 atom stereocenters. The van der Waals surface area contributed by atoms with E-state index >= 15 is 0 Å². The summed E-state index contributed by atoms with van der Waals surface area (Å²) in [5.41, 5.74) is 0.649.